The second-order valence-corrected chi connectivity index (χ2v) is 10.8. The van der Waals surface area contributed by atoms with E-state index in [9.17, 15) is 9.59 Å². The van der Waals surface area contributed by atoms with E-state index < -0.39 is 5.41 Å². The Morgan fingerprint density at radius 2 is 1.94 bits per heavy atom. The Labute approximate surface area is 196 Å². The van der Waals surface area contributed by atoms with Crippen molar-refractivity contribution in [1.29, 1.82) is 0 Å². The molecule has 1 aromatic carbocycles. The van der Waals surface area contributed by atoms with Crippen molar-refractivity contribution < 1.29 is 9.59 Å². The number of hydrogen-bond acceptors (Lipinski definition) is 3. The molecule has 3 fully saturated rings. The first-order chi connectivity index (χ1) is 15.9. The number of piperidine rings is 1. The molecule has 3 heterocycles. The molecule has 0 bridgehead atoms. The fraction of sp³-hybridized carbons (Fsp3) is 0.593. The van der Waals surface area contributed by atoms with Crippen molar-refractivity contribution in [2.45, 2.75) is 65.0 Å². The quantitative estimate of drug-likeness (QED) is 0.687. The van der Waals surface area contributed by atoms with Crippen LogP contribution in [-0.2, 0) is 16.1 Å². The first-order valence-electron chi connectivity index (χ1n) is 12.5. The minimum atomic E-state index is -0.565. The molecule has 2 saturated heterocycles. The lowest BCUT2D eigenvalue weighted by atomic mass is 9.70. The summed E-state index contributed by atoms with van der Waals surface area (Å²) in [4.78, 5) is 31.6. The standard InChI is InChI=1S/C27H36N4O2/c1-19(2)31-24(10-12-28-31)23-17-30(25(32)22-14-20(3)15-22)18-27(23)11-7-13-29(26(27)33)16-21-8-5-4-6-9-21/h4-6,8-10,12,19-20,22-23H,7,11,13-18H2,1-3H3/t20?,22?,23-,27+/m1/s1. The Bertz CT molecular complexity index is 1010. The summed E-state index contributed by atoms with van der Waals surface area (Å²) in [7, 11) is 0. The van der Waals surface area contributed by atoms with Gasteiger partial charge in [0.1, 0.15) is 0 Å². The van der Waals surface area contributed by atoms with E-state index in [2.05, 4.69) is 48.8 Å². The fourth-order valence-electron chi connectivity index (χ4n) is 6.38. The summed E-state index contributed by atoms with van der Waals surface area (Å²) < 4.78 is 2.05. The predicted octanol–water partition coefficient (Wildman–Crippen LogP) is 4.24. The second-order valence-electron chi connectivity index (χ2n) is 10.8. The van der Waals surface area contributed by atoms with Gasteiger partial charge in [0.25, 0.3) is 0 Å². The number of benzene rings is 1. The fourth-order valence-corrected chi connectivity index (χ4v) is 6.38. The monoisotopic (exact) mass is 448 g/mol. The molecule has 0 N–H and O–H groups in total. The van der Waals surface area contributed by atoms with Crippen LogP contribution in [0.1, 0.15) is 69.7 Å². The number of amides is 2. The summed E-state index contributed by atoms with van der Waals surface area (Å²) in [6, 6.07) is 12.5. The minimum absolute atomic E-state index is 0.0186. The third-order valence-electron chi connectivity index (χ3n) is 8.11. The van der Waals surface area contributed by atoms with Crippen LogP contribution in [0, 0.1) is 17.3 Å². The second kappa shape index (κ2) is 8.62. The van der Waals surface area contributed by atoms with E-state index >= 15 is 0 Å². The lowest BCUT2D eigenvalue weighted by Gasteiger charge is -2.42. The highest BCUT2D eigenvalue weighted by Crippen LogP contribution is 2.51. The van der Waals surface area contributed by atoms with Crippen molar-refractivity contribution in [3.05, 3.63) is 53.9 Å². The maximum atomic E-state index is 14.2. The van der Waals surface area contributed by atoms with Crippen LogP contribution in [0.15, 0.2) is 42.6 Å². The van der Waals surface area contributed by atoms with Gasteiger partial charge >= 0.3 is 0 Å². The van der Waals surface area contributed by atoms with Crippen LogP contribution >= 0.6 is 0 Å². The number of aromatic nitrogens is 2. The number of nitrogens with zero attached hydrogens (tertiary/aromatic N) is 4. The largest absolute Gasteiger partial charge is 0.341 e. The minimum Gasteiger partial charge on any atom is -0.341 e. The molecule has 0 radical (unpaired) electrons. The molecule has 2 aromatic rings. The van der Waals surface area contributed by atoms with Crippen molar-refractivity contribution in [2.75, 3.05) is 19.6 Å². The molecule has 176 valence electrons. The van der Waals surface area contributed by atoms with E-state index in [4.69, 9.17) is 0 Å². The predicted molar refractivity (Wildman–Crippen MR) is 127 cm³/mol. The first kappa shape index (κ1) is 22.2. The summed E-state index contributed by atoms with van der Waals surface area (Å²) in [6.45, 7) is 9.03. The Balaban J connectivity index is 1.48. The van der Waals surface area contributed by atoms with E-state index in [-0.39, 0.29) is 29.7 Å². The van der Waals surface area contributed by atoms with Crippen molar-refractivity contribution in [3.8, 4) is 0 Å². The average molecular weight is 449 g/mol. The number of likely N-dealkylation sites (tertiary alicyclic amines) is 2. The Hall–Kier alpha value is -2.63. The third kappa shape index (κ3) is 3.87. The molecule has 6 nitrogen and oxygen atoms in total. The highest BCUT2D eigenvalue weighted by Gasteiger charge is 2.57. The highest BCUT2D eigenvalue weighted by molar-refractivity contribution is 5.88. The molecular formula is C27H36N4O2. The zero-order chi connectivity index (χ0) is 23.2. The number of carbonyl (C=O) groups excluding carboxylic acids is 2. The summed E-state index contributed by atoms with van der Waals surface area (Å²) in [5, 5.41) is 4.58. The maximum Gasteiger partial charge on any atom is 0.231 e. The van der Waals surface area contributed by atoms with E-state index in [1.165, 1.54) is 0 Å². The van der Waals surface area contributed by atoms with E-state index in [0.717, 1.165) is 43.5 Å². The van der Waals surface area contributed by atoms with Crippen LogP contribution < -0.4 is 0 Å². The van der Waals surface area contributed by atoms with Crippen molar-refractivity contribution in [1.82, 2.24) is 19.6 Å². The molecule has 2 aliphatic heterocycles. The van der Waals surface area contributed by atoms with Gasteiger partial charge in [-0.3, -0.25) is 14.3 Å². The lowest BCUT2D eigenvalue weighted by Crippen LogP contribution is -2.52. The third-order valence-corrected chi connectivity index (χ3v) is 8.11. The van der Waals surface area contributed by atoms with E-state index in [1.807, 2.05) is 34.2 Å². The van der Waals surface area contributed by atoms with Crippen LogP contribution in [0.5, 0.6) is 0 Å². The van der Waals surface area contributed by atoms with Gasteiger partial charge in [-0.15, -0.1) is 0 Å². The van der Waals surface area contributed by atoms with Gasteiger partial charge in [-0.25, -0.2) is 0 Å². The zero-order valence-electron chi connectivity index (χ0n) is 20.1. The van der Waals surface area contributed by atoms with Gasteiger partial charge in [0.05, 0.1) is 5.41 Å². The molecular weight excluding hydrogens is 412 g/mol. The zero-order valence-corrected chi connectivity index (χ0v) is 20.1. The topological polar surface area (TPSA) is 58.4 Å². The molecule has 1 spiro atoms. The Morgan fingerprint density at radius 3 is 2.64 bits per heavy atom. The van der Waals surface area contributed by atoms with Crippen LogP contribution in [-0.4, -0.2) is 51.0 Å². The first-order valence-corrected chi connectivity index (χ1v) is 12.5. The van der Waals surface area contributed by atoms with Crippen molar-refractivity contribution >= 4 is 11.8 Å². The van der Waals surface area contributed by atoms with Gasteiger partial charge in [-0.05, 0) is 57.1 Å². The molecule has 1 saturated carbocycles. The number of rotatable bonds is 5. The lowest BCUT2D eigenvalue weighted by molar-refractivity contribution is -0.148. The van der Waals surface area contributed by atoms with Gasteiger partial charge in [-0.2, -0.15) is 5.10 Å². The summed E-state index contributed by atoms with van der Waals surface area (Å²) in [5.41, 5.74) is 1.68. The smallest absolute Gasteiger partial charge is 0.231 e. The molecule has 3 aliphatic rings. The van der Waals surface area contributed by atoms with Crippen LogP contribution in [0.4, 0.5) is 0 Å². The van der Waals surface area contributed by atoms with E-state index in [1.54, 1.807) is 0 Å². The molecule has 2 amide bonds. The molecule has 33 heavy (non-hydrogen) atoms. The van der Waals surface area contributed by atoms with Crippen LogP contribution in [0.25, 0.3) is 0 Å². The normalized spacial score (nSPS) is 29.7. The van der Waals surface area contributed by atoms with Gasteiger partial charge in [0.15, 0.2) is 0 Å². The van der Waals surface area contributed by atoms with Gasteiger partial charge < -0.3 is 9.80 Å². The summed E-state index contributed by atoms with van der Waals surface area (Å²) >= 11 is 0. The molecule has 0 unspecified atom stereocenters. The molecule has 1 aliphatic carbocycles. The Morgan fingerprint density at radius 1 is 1.18 bits per heavy atom. The number of carbonyl (C=O) groups is 2. The molecule has 6 heteroatoms. The summed E-state index contributed by atoms with van der Waals surface area (Å²) in [6.07, 6.45) is 5.59. The Kier molecular flexibility index (Phi) is 5.79. The highest BCUT2D eigenvalue weighted by atomic mass is 16.2. The SMILES string of the molecule is CC1CC(C(=O)N2C[C@H](c3ccnn3C(C)C)[C@]3(CCCN(Cc4ccccc4)C3=O)C2)C1. The van der Waals surface area contributed by atoms with Gasteiger partial charge in [0, 0.05) is 55.9 Å². The maximum absolute atomic E-state index is 14.2. The van der Waals surface area contributed by atoms with Crippen LogP contribution in [0.3, 0.4) is 0 Å². The average Bonchev–Trinajstić information content (AvgIpc) is 3.41. The van der Waals surface area contributed by atoms with Gasteiger partial charge in [-0.1, -0.05) is 37.3 Å². The van der Waals surface area contributed by atoms with Crippen LogP contribution in [0.2, 0.25) is 0 Å². The summed E-state index contributed by atoms with van der Waals surface area (Å²) in [5.74, 6) is 1.20. The molecule has 2 atom stereocenters. The van der Waals surface area contributed by atoms with Crippen molar-refractivity contribution in [2.24, 2.45) is 17.3 Å². The van der Waals surface area contributed by atoms with Crippen molar-refractivity contribution in [3.63, 3.8) is 0 Å². The number of hydrogen-bond donors (Lipinski definition) is 0. The van der Waals surface area contributed by atoms with E-state index in [0.29, 0.717) is 25.6 Å². The molecule has 5 rings (SSSR count). The molecule has 1 aromatic heterocycles. The van der Waals surface area contributed by atoms with Gasteiger partial charge in [0.2, 0.25) is 11.8 Å².